The molecule has 2 aromatic rings. The molecule has 0 amide bonds. The Balaban J connectivity index is 1.51. The van der Waals surface area contributed by atoms with E-state index in [1.807, 2.05) is 13.8 Å². The fourth-order valence-corrected chi connectivity index (χ4v) is 5.46. The van der Waals surface area contributed by atoms with Crippen LogP contribution in [0.3, 0.4) is 0 Å². The van der Waals surface area contributed by atoms with Gasteiger partial charge in [0.05, 0.1) is 29.6 Å². The Morgan fingerprint density at radius 2 is 1.76 bits per heavy atom. The van der Waals surface area contributed by atoms with Crippen LogP contribution in [0.5, 0.6) is 11.5 Å². The standard InChI is InChI=1S/C23H20BrFO4/c1-10-7-13(28-15-4-3-12(24)9-14(15)25)8-11(2)18(10)21-22(26)19-16-5-6-17(29-16)20(19)23(21)27/h3-4,7-9,16-17,19-20,26H,5-6H2,1-2H3/t16-,17+,19+,20-/m0/s1. The van der Waals surface area contributed by atoms with Crippen molar-refractivity contribution in [3.63, 3.8) is 0 Å². The molecule has 150 valence electrons. The van der Waals surface area contributed by atoms with E-state index in [9.17, 15) is 14.3 Å². The van der Waals surface area contributed by atoms with E-state index in [2.05, 4.69) is 15.9 Å². The molecule has 0 unspecified atom stereocenters. The molecule has 2 saturated heterocycles. The molecule has 1 N–H and O–H groups in total. The second-order valence-electron chi connectivity index (χ2n) is 8.08. The highest BCUT2D eigenvalue weighted by Gasteiger charge is 2.59. The molecule has 3 aliphatic rings. The van der Waals surface area contributed by atoms with Crippen molar-refractivity contribution < 1.29 is 23.8 Å². The summed E-state index contributed by atoms with van der Waals surface area (Å²) >= 11 is 3.23. The first-order valence-corrected chi connectivity index (χ1v) is 10.5. The molecule has 0 spiro atoms. The molecular formula is C23H20BrFO4. The minimum absolute atomic E-state index is 0.0291. The highest BCUT2D eigenvalue weighted by Crippen LogP contribution is 2.54. The van der Waals surface area contributed by atoms with E-state index >= 15 is 0 Å². The predicted octanol–water partition coefficient (Wildman–Crippen LogP) is 5.64. The van der Waals surface area contributed by atoms with Gasteiger partial charge in [0.25, 0.3) is 0 Å². The summed E-state index contributed by atoms with van der Waals surface area (Å²) in [7, 11) is 0. The topological polar surface area (TPSA) is 55.8 Å². The molecule has 2 aliphatic heterocycles. The van der Waals surface area contributed by atoms with E-state index in [0.29, 0.717) is 15.8 Å². The fourth-order valence-electron chi connectivity index (χ4n) is 5.13. The summed E-state index contributed by atoms with van der Waals surface area (Å²) in [5, 5.41) is 10.9. The molecule has 4 atom stereocenters. The number of Topliss-reactive ketones (excluding diaryl/α,β-unsaturated/α-hetero) is 1. The Labute approximate surface area is 176 Å². The number of ketones is 1. The van der Waals surface area contributed by atoms with Crippen LogP contribution >= 0.6 is 15.9 Å². The SMILES string of the molecule is Cc1cc(Oc2ccc(Br)cc2F)cc(C)c1C1=C(O)[C@H]2[C@@H](C1=O)[C@H]1CC[C@@H]2O1. The van der Waals surface area contributed by atoms with Gasteiger partial charge >= 0.3 is 0 Å². The van der Waals surface area contributed by atoms with Gasteiger partial charge in [0.1, 0.15) is 11.5 Å². The van der Waals surface area contributed by atoms with Crippen LogP contribution in [0.1, 0.15) is 29.5 Å². The minimum atomic E-state index is -0.464. The number of allylic oxidation sites excluding steroid dienone is 1. The average Bonchev–Trinajstić information content (AvgIpc) is 3.33. The molecule has 2 bridgehead atoms. The molecule has 2 fully saturated rings. The maximum atomic E-state index is 14.1. The van der Waals surface area contributed by atoms with Crippen molar-refractivity contribution >= 4 is 27.3 Å². The van der Waals surface area contributed by atoms with Gasteiger partial charge in [-0.05, 0) is 73.7 Å². The maximum absolute atomic E-state index is 14.1. The molecular weight excluding hydrogens is 439 g/mol. The van der Waals surface area contributed by atoms with Crippen LogP contribution in [0.15, 0.2) is 40.6 Å². The van der Waals surface area contributed by atoms with Gasteiger partial charge in [-0.15, -0.1) is 0 Å². The maximum Gasteiger partial charge on any atom is 0.173 e. The lowest BCUT2D eigenvalue weighted by Gasteiger charge is -2.19. The van der Waals surface area contributed by atoms with Gasteiger partial charge in [0.15, 0.2) is 17.3 Å². The van der Waals surface area contributed by atoms with Crippen molar-refractivity contribution in [1.29, 1.82) is 0 Å². The number of halogens is 2. The van der Waals surface area contributed by atoms with Gasteiger partial charge in [-0.2, -0.15) is 0 Å². The highest BCUT2D eigenvalue weighted by molar-refractivity contribution is 9.10. The lowest BCUT2D eigenvalue weighted by atomic mass is 9.80. The lowest BCUT2D eigenvalue weighted by molar-refractivity contribution is -0.118. The molecule has 1 aliphatic carbocycles. The van der Waals surface area contributed by atoms with Crippen molar-refractivity contribution in [3.05, 3.63) is 63.1 Å². The van der Waals surface area contributed by atoms with Gasteiger partial charge in [0.2, 0.25) is 0 Å². The summed E-state index contributed by atoms with van der Waals surface area (Å²) in [6, 6.07) is 8.16. The van der Waals surface area contributed by atoms with Crippen LogP contribution in [-0.2, 0) is 9.53 Å². The Kier molecular flexibility index (Phi) is 4.33. The van der Waals surface area contributed by atoms with Gasteiger partial charge in [-0.1, -0.05) is 15.9 Å². The van der Waals surface area contributed by atoms with Gasteiger partial charge in [0, 0.05) is 4.47 Å². The summed E-state index contributed by atoms with van der Waals surface area (Å²) in [6.45, 7) is 3.75. The lowest BCUT2D eigenvalue weighted by Crippen LogP contribution is -2.29. The summed E-state index contributed by atoms with van der Waals surface area (Å²) < 4.78 is 26.4. The molecule has 29 heavy (non-hydrogen) atoms. The van der Waals surface area contributed by atoms with Gasteiger partial charge in [-0.3, -0.25) is 4.79 Å². The van der Waals surface area contributed by atoms with Gasteiger partial charge in [-0.25, -0.2) is 4.39 Å². The van der Waals surface area contributed by atoms with E-state index in [-0.39, 0.29) is 41.3 Å². The van der Waals surface area contributed by atoms with Crippen LogP contribution in [0.25, 0.3) is 5.57 Å². The number of carbonyl (C=O) groups is 1. The molecule has 2 aromatic carbocycles. The van der Waals surface area contributed by atoms with Crippen molar-refractivity contribution in [3.8, 4) is 11.5 Å². The zero-order valence-electron chi connectivity index (χ0n) is 16.0. The number of aryl methyl sites for hydroxylation is 2. The van der Waals surface area contributed by atoms with Crippen LogP contribution in [0.2, 0.25) is 0 Å². The number of ether oxygens (including phenoxy) is 2. The summed E-state index contributed by atoms with van der Waals surface area (Å²) in [6.07, 6.45) is 1.62. The van der Waals surface area contributed by atoms with Gasteiger partial charge < -0.3 is 14.6 Å². The van der Waals surface area contributed by atoms with Crippen molar-refractivity contribution in [1.82, 2.24) is 0 Å². The Bertz CT molecular complexity index is 1050. The fraction of sp³-hybridized carbons (Fsp3) is 0.348. The third-order valence-electron chi connectivity index (χ3n) is 6.27. The number of aliphatic hydroxyl groups excluding tert-OH is 1. The van der Waals surface area contributed by atoms with E-state index in [1.54, 1.807) is 24.3 Å². The molecule has 0 aromatic heterocycles. The largest absolute Gasteiger partial charge is 0.511 e. The Hall–Kier alpha value is -2.18. The zero-order valence-corrected chi connectivity index (χ0v) is 17.6. The molecule has 5 rings (SSSR count). The highest BCUT2D eigenvalue weighted by atomic mass is 79.9. The average molecular weight is 459 g/mol. The summed E-state index contributed by atoms with van der Waals surface area (Å²) in [4.78, 5) is 13.2. The number of hydrogen-bond acceptors (Lipinski definition) is 4. The van der Waals surface area contributed by atoms with E-state index in [1.165, 1.54) is 6.07 Å². The van der Waals surface area contributed by atoms with E-state index < -0.39 is 5.82 Å². The Morgan fingerprint density at radius 3 is 2.38 bits per heavy atom. The predicted molar refractivity (Wildman–Crippen MR) is 110 cm³/mol. The number of rotatable bonds is 3. The second kappa shape index (κ2) is 6.67. The third-order valence-corrected chi connectivity index (χ3v) is 6.77. The third kappa shape index (κ3) is 2.84. The quantitative estimate of drug-likeness (QED) is 0.646. The van der Waals surface area contributed by atoms with Crippen LogP contribution in [-0.4, -0.2) is 23.1 Å². The van der Waals surface area contributed by atoms with E-state index in [4.69, 9.17) is 9.47 Å². The molecule has 6 heteroatoms. The number of fused-ring (bicyclic) bond motifs is 5. The number of benzene rings is 2. The molecule has 0 radical (unpaired) electrons. The number of aliphatic hydroxyl groups is 1. The molecule has 2 heterocycles. The molecule has 4 nitrogen and oxygen atoms in total. The summed E-state index contributed by atoms with van der Waals surface area (Å²) in [5.74, 6) is -0.211. The van der Waals surface area contributed by atoms with Crippen LogP contribution < -0.4 is 4.74 Å². The first-order chi connectivity index (χ1) is 13.8. The molecule has 0 saturated carbocycles. The van der Waals surface area contributed by atoms with Crippen molar-refractivity contribution in [2.45, 2.75) is 38.9 Å². The van der Waals surface area contributed by atoms with E-state index in [0.717, 1.165) is 29.5 Å². The minimum Gasteiger partial charge on any atom is -0.511 e. The van der Waals surface area contributed by atoms with Crippen LogP contribution in [0, 0.1) is 31.5 Å². The monoisotopic (exact) mass is 458 g/mol. The van der Waals surface area contributed by atoms with Crippen molar-refractivity contribution in [2.24, 2.45) is 11.8 Å². The smallest absolute Gasteiger partial charge is 0.173 e. The van der Waals surface area contributed by atoms with Crippen LogP contribution in [0.4, 0.5) is 4.39 Å². The first-order valence-electron chi connectivity index (χ1n) is 9.72. The second-order valence-corrected chi connectivity index (χ2v) is 8.99. The first kappa shape index (κ1) is 18.8. The zero-order chi connectivity index (χ0) is 20.4. The summed E-state index contributed by atoms with van der Waals surface area (Å²) in [5.41, 5.74) is 2.77. The normalized spacial score (nSPS) is 27.7. The van der Waals surface area contributed by atoms with Crippen molar-refractivity contribution in [2.75, 3.05) is 0 Å². The number of hydrogen-bond donors (Lipinski definition) is 1. The Morgan fingerprint density at radius 1 is 1.10 bits per heavy atom. The number of carbonyl (C=O) groups excluding carboxylic acids is 1.